The van der Waals surface area contributed by atoms with Crippen LogP contribution in [0.1, 0.15) is 59.3 Å². The van der Waals surface area contributed by atoms with Crippen LogP contribution in [0, 0.1) is 38.5 Å². The maximum Gasteiger partial charge on any atom is 0.336 e. The number of carbonyl (C=O) groups is 2. The van der Waals surface area contributed by atoms with Crippen LogP contribution in [0.15, 0.2) is 33.5 Å². The average molecular weight is 590 g/mol. The predicted octanol–water partition coefficient (Wildman–Crippen LogP) is 5.47. The first-order valence-electron chi connectivity index (χ1n) is 14.5. The van der Waals surface area contributed by atoms with E-state index in [4.69, 9.17) is 16.0 Å². The van der Waals surface area contributed by atoms with Crippen LogP contribution in [-0.2, 0) is 4.79 Å². The van der Waals surface area contributed by atoms with Crippen molar-refractivity contribution in [2.45, 2.75) is 58.8 Å². The molecule has 2 amide bonds. The van der Waals surface area contributed by atoms with Gasteiger partial charge in [0.25, 0.3) is 5.91 Å². The van der Waals surface area contributed by atoms with Gasteiger partial charge in [0.05, 0.1) is 5.56 Å². The van der Waals surface area contributed by atoms with E-state index in [0.29, 0.717) is 59.1 Å². The minimum atomic E-state index is -2.68. The van der Waals surface area contributed by atoms with E-state index >= 15 is 0 Å². The number of likely N-dealkylation sites (tertiary alicyclic amines) is 2. The second kappa shape index (κ2) is 11.8. The van der Waals surface area contributed by atoms with Gasteiger partial charge in [-0.25, -0.2) is 13.6 Å². The van der Waals surface area contributed by atoms with Gasteiger partial charge in [-0.2, -0.15) is 0 Å². The molecule has 7 nitrogen and oxygen atoms in total. The summed E-state index contributed by atoms with van der Waals surface area (Å²) < 4.78 is 32.7. The lowest BCUT2D eigenvalue weighted by Gasteiger charge is -2.32. The molecule has 1 aliphatic carbocycles. The number of halogens is 3. The molecule has 3 fully saturated rings. The monoisotopic (exact) mass is 589 g/mol. The average Bonchev–Trinajstić information content (AvgIpc) is 3.46. The summed E-state index contributed by atoms with van der Waals surface area (Å²) in [5, 5.41) is 0.574. The van der Waals surface area contributed by atoms with Crippen LogP contribution in [-0.4, -0.2) is 66.8 Å². The first kappa shape index (κ1) is 29.7. The number of nitrogens with zero attached hydrogens (tertiary/aromatic N) is 3. The number of rotatable bonds is 7. The Morgan fingerprint density at radius 1 is 1.02 bits per heavy atom. The van der Waals surface area contributed by atoms with Crippen molar-refractivity contribution in [1.29, 1.82) is 0 Å². The van der Waals surface area contributed by atoms with Gasteiger partial charge in [0.15, 0.2) is 0 Å². The molecule has 5 rings (SSSR count). The lowest BCUT2D eigenvalue weighted by Crippen LogP contribution is -2.41. The molecule has 222 valence electrons. The maximum atomic E-state index is 13.8. The minimum absolute atomic E-state index is 0.0870. The molecular weight excluding hydrogens is 552 g/mol. The Bertz CT molecular complexity index is 1330. The highest BCUT2D eigenvalue weighted by molar-refractivity contribution is 6.31. The van der Waals surface area contributed by atoms with Gasteiger partial charge >= 0.3 is 5.63 Å². The van der Waals surface area contributed by atoms with Crippen molar-refractivity contribution < 1.29 is 22.8 Å². The van der Waals surface area contributed by atoms with Crippen molar-refractivity contribution in [3.05, 3.63) is 62.2 Å². The summed E-state index contributed by atoms with van der Waals surface area (Å²) in [4.78, 5) is 44.4. The van der Waals surface area contributed by atoms with E-state index in [1.807, 2.05) is 24.0 Å². The second-order valence-electron chi connectivity index (χ2n) is 12.1. The van der Waals surface area contributed by atoms with Crippen molar-refractivity contribution in [3.63, 3.8) is 0 Å². The molecule has 2 atom stereocenters. The third-order valence-corrected chi connectivity index (χ3v) is 9.46. The van der Waals surface area contributed by atoms with Crippen molar-refractivity contribution in [2.75, 3.05) is 44.2 Å². The zero-order valence-corrected chi connectivity index (χ0v) is 24.7. The van der Waals surface area contributed by atoms with E-state index in [-0.39, 0.29) is 37.5 Å². The van der Waals surface area contributed by atoms with Crippen LogP contribution in [0.2, 0.25) is 5.02 Å². The Labute approximate surface area is 244 Å². The van der Waals surface area contributed by atoms with Crippen LogP contribution >= 0.6 is 11.6 Å². The molecule has 0 bridgehead atoms. The van der Waals surface area contributed by atoms with E-state index in [0.717, 1.165) is 31.6 Å². The highest BCUT2D eigenvalue weighted by Crippen LogP contribution is 2.38. The van der Waals surface area contributed by atoms with Crippen molar-refractivity contribution in [3.8, 4) is 0 Å². The molecule has 0 N–H and O–H groups in total. The lowest BCUT2D eigenvalue weighted by atomic mass is 9.85. The number of aryl methyl sites for hydroxylation is 3. The van der Waals surface area contributed by atoms with Gasteiger partial charge in [0, 0.05) is 68.3 Å². The van der Waals surface area contributed by atoms with Gasteiger partial charge < -0.3 is 19.1 Å². The number of fused-ring (bicyclic) bond motifs is 1. The Balaban J connectivity index is 1.18. The fourth-order valence-electron chi connectivity index (χ4n) is 6.75. The Kier molecular flexibility index (Phi) is 8.58. The van der Waals surface area contributed by atoms with Crippen LogP contribution < -0.4 is 10.5 Å². The SMILES string of the molecule is Cc1ccc(N(CCCN2CC3CN(C(=O)c4c(C)cc(=O)oc4C)CC3C2)C(=O)C2CCC(F)(F)CC2)cc1Cl. The molecule has 3 aliphatic rings. The Morgan fingerprint density at radius 3 is 2.29 bits per heavy atom. The lowest BCUT2D eigenvalue weighted by molar-refractivity contribution is -0.126. The molecule has 2 saturated heterocycles. The summed E-state index contributed by atoms with van der Waals surface area (Å²) in [6, 6.07) is 6.91. The summed E-state index contributed by atoms with van der Waals surface area (Å²) in [5.74, 6) is -2.19. The molecule has 41 heavy (non-hydrogen) atoms. The van der Waals surface area contributed by atoms with E-state index in [9.17, 15) is 23.2 Å². The smallest absolute Gasteiger partial charge is 0.336 e. The van der Waals surface area contributed by atoms with E-state index in [1.54, 1.807) is 24.8 Å². The molecule has 2 aliphatic heterocycles. The Hall–Kier alpha value is -2.78. The highest BCUT2D eigenvalue weighted by atomic mass is 35.5. The summed E-state index contributed by atoms with van der Waals surface area (Å²) in [5.41, 5.74) is 2.29. The van der Waals surface area contributed by atoms with Gasteiger partial charge in [-0.15, -0.1) is 0 Å². The van der Waals surface area contributed by atoms with Crippen LogP contribution in [0.3, 0.4) is 0 Å². The summed E-state index contributed by atoms with van der Waals surface area (Å²) in [6.07, 6.45) is 0.630. The van der Waals surface area contributed by atoms with E-state index in [1.165, 1.54) is 6.07 Å². The number of hydrogen-bond acceptors (Lipinski definition) is 5. The largest absolute Gasteiger partial charge is 0.427 e. The third kappa shape index (κ3) is 6.51. The number of hydrogen-bond donors (Lipinski definition) is 0. The van der Waals surface area contributed by atoms with Gasteiger partial charge in [0.2, 0.25) is 11.8 Å². The number of carbonyl (C=O) groups excluding carboxylic acids is 2. The first-order chi connectivity index (χ1) is 19.4. The zero-order valence-electron chi connectivity index (χ0n) is 23.9. The predicted molar refractivity (Wildman–Crippen MR) is 154 cm³/mol. The van der Waals surface area contributed by atoms with Crippen molar-refractivity contribution in [2.24, 2.45) is 17.8 Å². The van der Waals surface area contributed by atoms with Gasteiger partial charge in [-0.3, -0.25) is 9.59 Å². The molecule has 2 aromatic rings. The molecule has 3 heterocycles. The summed E-state index contributed by atoms with van der Waals surface area (Å²) in [6.45, 7) is 9.68. The van der Waals surface area contributed by atoms with Crippen LogP contribution in [0.4, 0.5) is 14.5 Å². The second-order valence-corrected chi connectivity index (χ2v) is 12.5. The molecule has 10 heteroatoms. The van der Waals surface area contributed by atoms with Gasteiger partial charge in [0.1, 0.15) is 5.76 Å². The fourth-order valence-corrected chi connectivity index (χ4v) is 6.92. The molecule has 0 radical (unpaired) electrons. The maximum absolute atomic E-state index is 13.8. The molecule has 1 aromatic carbocycles. The summed E-state index contributed by atoms with van der Waals surface area (Å²) >= 11 is 6.38. The molecular formula is C31H38ClF2N3O4. The van der Waals surface area contributed by atoms with Gasteiger partial charge in [-0.05, 0) is 81.7 Å². The van der Waals surface area contributed by atoms with E-state index in [2.05, 4.69) is 4.90 Å². The minimum Gasteiger partial charge on any atom is -0.427 e. The third-order valence-electron chi connectivity index (χ3n) is 9.05. The fraction of sp³-hybridized carbons (Fsp3) is 0.581. The number of alkyl halides is 2. The molecule has 1 aromatic heterocycles. The molecule has 1 saturated carbocycles. The number of anilines is 1. The standard InChI is InChI=1S/C31H38ClF2N3O4/c1-19-5-6-25(14-26(19)32)37(29(39)22-7-9-31(33,34)10-8-22)12-4-11-35-15-23-17-36(18-24(23)16-35)30(40)28-20(2)13-27(38)41-21(28)3/h5-6,13-14,22-24H,4,7-12,15-18H2,1-3H3. The number of benzene rings is 1. The Morgan fingerprint density at radius 2 is 1.68 bits per heavy atom. The quantitative estimate of drug-likeness (QED) is 0.428. The van der Waals surface area contributed by atoms with Crippen molar-refractivity contribution >= 4 is 29.1 Å². The van der Waals surface area contributed by atoms with Crippen LogP contribution in [0.25, 0.3) is 0 Å². The van der Waals surface area contributed by atoms with E-state index < -0.39 is 17.5 Å². The molecule has 0 spiro atoms. The normalized spacial score (nSPS) is 22.6. The van der Waals surface area contributed by atoms with Gasteiger partial charge in [-0.1, -0.05) is 17.7 Å². The first-order valence-corrected chi connectivity index (χ1v) is 14.9. The van der Waals surface area contributed by atoms with Crippen molar-refractivity contribution in [1.82, 2.24) is 9.80 Å². The highest BCUT2D eigenvalue weighted by Gasteiger charge is 2.42. The number of amides is 2. The summed E-state index contributed by atoms with van der Waals surface area (Å²) in [7, 11) is 0. The topological polar surface area (TPSA) is 74.1 Å². The molecule has 2 unspecified atom stereocenters. The zero-order chi connectivity index (χ0) is 29.5. The van der Waals surface area contributed by atoms with Crippen LogP contribution in [0.5, 0.6) is 0 Å².